The van der Waals surface area contributed by atoms with Gasteiger partial charge < -0.3 is 19.5 Å². The molecule has 0 fully saturated rings. The van der Waals surface area contributed by atoms with Crippen LogP contribution in [0.25, 0.3) is 4.91 Å². The lowest BCUT2D eigenvalue weighted by Gasteiger charge is -2.21. The highest BCUT2D eigenvalue weighted by Gasteiger charge is 2.33. The topological polar surface area (TPSA) is 90.9 Å². The summed E-state index contributed by atoms with van der Waals surface area (Å²) >= 11 is 0. The molecule has 0 aliphatic carbocycles. The molecular formula is C19H19NO6S. The maximum Gasteiger partial charge on any atom is 0.292 e. The van der Waals surface area contributed by atoms with Crippen LogP contribution in [-0.4, -0.2) is 40.9 Å². The van der Waals surface area contributed by atoms with Gasteiger partial charge in [-0.05, 0) is 17.7 Å². The largest absolute Gasteiger partial charge is 0.497 e. The van der Waals surface area contributed by atoms with Crippen LogP contribution >= 0.6 is 0 Å². The average Bonchev–Trinajstić information content (AvgIpc) is 2.68. The van der Waals surface area contributed by atoms with Crippen molar-refractivity contribution in [2.45, 2.75) is 0 Å². The quantitative estimate of drug-likeness (QED) is 0.845. The first kappa shape index (κ1) is 18.8. The van der Waals surface area contributed by atoms with E-state index in [1.165, 1.54) is 14.2 Å². The lowest BCUT2D eigenvalue weighted by atomic mass is 10.2. The van der Waals surface area contributed by atoms with E-state index in [2.05, 4.69) is 5.32 Å². The minimum absolute atomic E-state index is 0.0822. The van der Waals surface area contributed by atoms with Gasteiger partial charge in [0, 0.05) is 6.07 Å². The molecule has 1 heterocycles. The van der Waals surface area contributed by atoms with Gasteiger partial charge in [0.2, 0.25) is 5.76 Å². The SMILES string of the molecule is COc1ccc(NC(=O)C2=C(c3ccccc3)S(=O)(=O)CCO2)c(OC)c1. The monoisotopic (exact) mass is 389 g/mol. The van der Waals surface area contributed by atoms with Crippen molar-refractivity contribution in [1.29, 1.82) is 0 Å². The fraction of sp³-hybridized carbons (Fsp3) is 0.211. The lowest BCUT2D eigenvalue weighted by molar-refractivity contribution is -0.115. The molecule has 0 unspecified atom stereocenters. The molecule has 2 aromatic carbocycles. The molecule has 3 rings (SSSR count). The third-order valence-electron chi connectivity index (χ3n) is 4.01. The summed E-state index contributed by atoms with van der Waals surface area (Å²) < 4.78 is 41.0. The summed E-state index contributed by atoms with van der Waals surface area (Å²) in [4.78, 5) is 12.7. The second-order valence-corrected chi connectivity index (χ2v) is 7.76. The first-order valence-electron chi connectivity index (χ1n) is 8.15. The minimum atomic E-state index is -3.65. The van der Waals surface area contributed by atoms with Gasteiger partial charge in [-0.3, -0.25) is 4.79 Å². The number of anilines is 1. The summed E-state index contributed by atoms with van der Waals surface area (Å²) in [6, 6.07) is 13.3. The van der Waals surface area contributed by atoms with Crippen molar-refractivity contribution in [3.63, 3.8) is 0 Å². The van der Waals surface area contributed by atoms with Gasteiger partial charge in [-0.15, -0.1) is 0 Å². The molecular weight excluding hydrogens is 370 g/mol. The van der Waals surface area contributed by atoms with Crippen LogP contribution in [-0.2, 0) is 19.4 Å². The van der Waals surface area contributed by atoms with E-state index in [1.807, 2.05) is 0 Å². The van der Waals surface area contributed by atoms with Crippen LogP contribution in [0, 0.1) is 0 Å². The van der Waals surface area contributed by atoms with Crippen LogP contribution in [0.4, 0.5) is 5.69 Å². The Bertz CT molecular complexity index is 983. The second-order valence-electron chi connectivity index (χ2n) is 5.71. The van der Waals surface area contributed by atoms with Crippen molar-refractivity contribution in [1.82, 2.24) is 0 Å². The molecule has 1 aliphatic rings. The van der Waals surface area contributed by atoms with E-state index in [-0.39, 0.29) is 23.0 Å². The Kier molecular flexibility index (Phi) is 5.36. The number of benzene rings is 2. The highest BCUT2D eigenvalue weighted by Crippen LogP contribution is 2.33. The van der Waals surface area contributed by atoms with Gasteiger partial charge in [0.05, 0.1) is 25.7 Å². The van der Waals surface area contributed by atoms with Gasteiger partial charge in [0.15, 0.2) is 9.84 Å². The molecule has 0 saturated heterocycles. The molecule has 7 nitrogen and oxygen atoms in total. The van der Waals surface area contributed by atoms with Gasteiger partial charge >= 0.3 is 0 Å². The Morgan fingerprint density at radius 3 is 2.48 bits per heavy atom. The summed E-state index contributed by atoms with van der Waals surface area (Å²) in [5.74, 6) is -0.139. The van der Waals surface area contributed by atoms with Crippen LogP contribution in [0.15, 0.2) is 54.3 Å². The van der Waals surface area contributed by atoms with Crippen molar-refractivity contribution in [3.05, 3.63) is 59.9 Å². The van der Waals surface area contributed by atoms with Gasteiger partial charge in [0.25, 0.3) is 5.91 Å². The fourth-order valence-corrected chi connectivity index (χ4v) is 4.15. The number of carbonyl (C=O) groups excluding carboxylic acids is 1. The normalized spacial score (nSPS) is 15.6. The Labute approximate surface area is 157 Å². The molecule has 0 aromatic heterocycles. The number of hydrogen-bond donors (Lipinski definition) is 1. The Balaban J connectivity index is 2.02. The summed E-state index contributed by atoms with van der Waals surface area (Å²) in [7, 11) is -0.669. The molecule has 2 aromatic rings. The van der Waals surface area contributed by atoms with Crippen molar-refractivity contribution in [2.24, 2.45) is 0 Å². The van der Waals surface area contributed by atoms with Crippen LogP contribution in [0.3, 0.4) is 0 Å². The molecule has 1 amide bonds. The molecule has 0 saturated carbocycles. The number of methoxy groups -OCH3 is 2. The van der Waals surface area contributed by atoms with Crippen molar-refractivity contribution in [3.8, 4) is 11.5 Å². The predicted molar refractivity (Wildman–Crippen MR) is 101 cm³/mol. The summed E-state index contributed by atoms with van der Waals surface area (Å²) in [6.07, 6.45) is 0. The zero-order valence-electron chi connectivity index (χ0n) is 14.9. The predicted octanol–water partition coefficient (Wildman–Crippen LogP) is 2.46. The van der Waals surface area contributed by atoms with E-state index in [4.69, 9.17) is 14.2 Å². The molecule has 8 heteroatoms. The van der Waals surface area contributed by atoms with Crippen LogP contribution in [0.2, 0.25) is 0 Å². The number of amides is 1. The first-order valence-corrected chi connectivity index (χ1v) is 9.80. The summed E-state index contributed by atoms with van der Waals surface area (Å²) in [5, 5.41) is 2.65. The van der Waals surface area contributed by atoms with E-state index in [9.17, 15) is 13.2 Å². The number of ether oxygens (including phenoxy) is 3. The van der Waals surface area contributed by atoms with Crippen LogP contribution in [0.1, 0.15) is 5.56 Å². The minimum Gasteiger partial charge on any atom is -0.497 e. The molecule has 0 bridgehead atoms. The molecule has 0 spiro atoms. The molecule has 0 radical (unpaired) electrons. The van der Waals surface area contributed by atoms with E-state index in [1.54, 1.807) is 48.5 Å². The van der Waals surface area contributed by atoms with E-state index in [0.717, 1.165) is 0 Å². The van der Waals surface area contributed by atoms with Gasteiger partial charge in [-0.2, -0.15) is 0 Å². The number of carbonyl (C=O) groups is 1. The smallest absolute Gasteiger partial charge is 0.292 e. The van der Waals surface area contributed by atoms with E-state index >= 15 is 0 Å². The van der Waals surface area contributed by atoms with Crippen LogP contribution < -0.4 is 14.8 Å². The Hall–Kier alpha value is -3.00. The molecule has 142 valence electrons. The third kappa shape index (κ3) is 3.90. The fourth-order valence-electron chi connectivity index (χ4n) is 2.71. The Morgan fingerprint density at radius 1 is 1.07 bits per heavy atom. The van der Waals surface area contributed by atoms with Gasteiger partial charge in [0.1, 0.15) is 23.0 Å². The maximum atomic E-state index is 12.8. The van der Waals surface area contributed by atoms with Crippen molar-refractivity contribution in [2.75, 3.05) is 31.9 Å². The second kappa shape index (κ2) is 7.71. The number of sulfone groups is 1. The number of hydrogen-bond acceptors (Lipinski definition) is 6. The van der Waals surface area contributed by atoms with E-state index < -0.39 is 15.7 Å². The molecule has 27 heavy (non-hydrogen) atoms. The zero-order valence-corrected chi connectivity index (χ0v) is 15.7. The highest BCUT2D eigenvalue weighted by atomic mass is 32.2. The zero-order chi connectivity index (χ0) is 19.4. The highest BCUT2D eigenvalue weighted by molar-refractivity contribution is 8.00. The van der Waals surface area contributed by atoms with Crippen molar-refractivity contribution >= 4 is 26.3 Å². The maximum absolute atomic E-state index is 12.8. The average molecular weight is 389 g/mol. The van der Waals surface area contributed by atoms with Crippen molar-refractivity contribution < 1.29 is 27.4 Å². The van der Waals surface area contributed by atoms with E-state index in [0.29, 0.717) is 22.7 Å². The Morgan fingerprint density at radius 2 is 1.81 bits per heavy atom. The third-order valence-corrected chi connectivity index (χ3v) is 5.76. The summed E-state index contributed by atoms with van der Waals surface area (Å²) in [5.41, 5.74) is 0.777. The summed E-state index contributed by atoms with van der Waals surface area (Å²) in [6.45, 7) is -0.0822. The standard InChI is InChI=1S/C19H19NO6S/c1-24-14-8-9-15(16(12-14)25-2)20-19(21)17-18(13-6-4-3-5-7-13)27(22,23)11-10-26-17/h3-9,12H,10-11H2,1-2H3,(H,20,21). The van der Waals surface area contributed by atoms with Gasteiger partial charge in [-0.1, -0.05) is 30.3 Å². The van der Waals surface area contributed by atoms with Gasteiger partial charge in [-0.25, -0.2) is 8.42 Å². The first-order chi connectivity index (χ1) is 13.0. The molecule has 1 aliphatic heterocycles. The van der Waals surface area contributed by atoms with Crippen LogP contribution in [0.5, 0.6) is 11.5 Å². The lowest BCUT2D eigenvalue weighted by Crippen LogP contribution is -2.28. The molecule has 0 atom stereocenters. The number of rotatable bonds is 5. The molecule has 1 N–H and O–H groups in total. The number of nitrogens with one attached hydrogen (secondary N) is 1.